The third kappa shape index (κ3) is 3.40. The summed E-state index contributed by atoms with van der Waals surface area (Å²) in [6.07, 6.45) is 4.04. The van der Waals surface area contributed by atoms with E-state index in [-0.39, 0.29) is 12.3 Å². The van der Waals surface area contributed by atoms with Gasteiger partial charge >= 0.3 is 0 Å². The van der Waals surface area contributed by atoms with Crippen molar-refractivity contribution >= 4 is 28.3 Å². The number of nitrogens with one attached hydrogen (secondary N) is 1. The zero-order chi connectivity index (χ0) is 21.7. The fourth-order valence-electron chi connectivity index (χ4n) is 3.74. The Balaban J connectivity index is 1.58. The van der Waals surface area contributed by atoms with Crippen molar-refractivity contribution in [3.8, 4) is 11.1 Å². The average Bonchev–Trinajstić information content (AvgIpc) is 3.30. The summed E-state index contributed by atoms with van der Waals surface area (Å²) in [5, 5.41) is 17.9. The van der Waals surface area contributed by atoms with E-state index in [9.17, 15) is 14.3 Å². The lowest BCUT2D eigenvalue weighted by Gasteiger charge is -2.13. The number of pyridine rings is 3. The Labute approximate surface area is 177 Å². The molecule has 0 radical (unpaired) electrons. The van der Waals surface area contributed by atoms with Crippen LogP contribution in [0.1, 0.15) is 37.1 Å². The molecule has 1 aliphatic carbocycles. The first-order valence-electron chi connectivity index (χ1n) is 10.2. The highest BCUT2D eigenvalue weighted by Crippen LogP contribution is 2.35. The minimum absolute atomic E-state index is 0.261. The molecule has 0 unspecified atom stereocenters. The van der Waals surface area contributed by atoms with E-state index >= 15 is 0 Å². The SMILES string of the molecule is CC[C@H](O)c1cc(C)c(-c2cc3cnc(NC(=O)[C@H]4C[C@H]4F)cc3n3ncnc23)cn1. The number of hydrogen-bond donors (Lipinski definition) is 2. The van der Waals surface area contributed by atoms with Crippen LogP contribution in [0.4, 0.5) is 10.2 Å². The van der Waals surface area contributed by atoms with Gasteiger partial charge in [0.1, 0.15) is 18.3 Å². The second kappa shape index (κ2) is 7.35. The van der Waals surface area contributed by atoms with Crippen molar-refractivity contribution in [2.24, 2.45) is 5.92 Å². The number of nitrogens with zero attached hydrogens (tertiary/aromatic N) is 5. The molecule has 1 saturated carbocycles. The highest BCUT2D eigenvalue weighted by Gasteiger charge is 2.43. The van der Waals surface area contributed by atoms with E-state index in [0.717, 1.165) is 27.6 Å². The number of halogens is 1. The Morgan fingerprint density at radius 2 is 2.06 bits per heavy atom. The predicted molar refractivity (Wildman–Crippen MR) is 113 cm³/mol. The molecular formula is C22H21FN6O2. The van der Waals surface area contributed by atoms with E-state index in [4.69, 9.17) is 0 Å². The maximum absolute atomic E-state index is 13.2. The smallest absolute Gasteiger partial charge is 0.231 e. The summed E-state index contributed by atoms with van der Waals surface area (Å²) in [4.78, 5) is 25.2. The topological polar surface area (TPSA) is 105 Å². The van der Waals surface area contributed by atoms with Gasteiger partial charge in [-0.05, 0) is 37.5 Å². The molecular weight excluding hydrogens is 399 g/mol. The average molecular weight is 420 g/mol. The first-order valence-corrected chi connectivity index (χ1v) is 10.2. The third-order valence-corrected chi connectivity index (χ3v) is 5.68. The van der Waals surface area contributed by atoms with Crippen molar-refractivity contribution in [2.75, 3.05) is 5.32 Å². The van der Waals surface area contributed by atoms with Crippen molar-refractivity contribution in [3.63, 3.8) is 0 Å². The maximum Gasteiger partial charge on any atom is 0.231 e. The molecule has 0 saturated heterocycles. The molecule has 9 heteroatoms. The first kappa shape index (κ1) is 19.5. The van der Waals surface area contributed by atoms with Crippen LogP contribution in [0, 0.1) is 12.8 Å². The number of alkyl halides is 1. The standard InChI is InChI=1S/C22H21FN6O2/c1-3-19(30)17-4-11(2)15(9-24-17)13-5-12-8-25-20(28-22(31)14-6-16(14)23)7-18(12)29-21(13)26-10-27-29/h4-5,7-10,14,16,19,30H,3,6H2,1-2H3,(H,25,28,31)/t14-,16+,19-/m0/s1. The number of anilines is 1. The lowest BCUT2D eigenvalue weighted by molar-refractivity contribution is -0.117. The van der Waals surface area contributed by atoms with Crippen LogP contribution in [0.2, 0.25) is 0 Å². The van der Waals surface area contributed by atoms with E-state index in [1.807, 2.05) is 26.0 Å². The molecule has 158 valence electrons. The van der Waals surface area contributed by atoms with Crippen LogP contribution in [0.5, 0.6) is 0 Å². The summed E-state index contributed by atoms with van der Waals surface area (Å²) < 4.78 is 14.8. The lowest BCUT2D eigenvalue weighted by Crippen LogP contribution is -2.16. The highest BCUT2D eigenvalue weighted by atomic mass is 19.1. The number of rotatable bonds is 5. The second-order valence-electron chi connectivity index (χ2n) is 7.88. The number of aliphatic hydroxyl groups is 1. The van der Waals surface area contributed by atoms with Gasteiger partial charge in [0.2, 0.25) is 5.91 Å². The van der Waals surface area contributed by atoms with Crippen molar-refractivity contribution < 1.29 is 14.3 Å². The number of aryl methyl sites for hydroxylation is 1. The fourth-order valence-corrected chi connectivity index (χ4v) is 3.74. The Bertz CT molecular complexity index is 1320. The van der Waals surface area contributed by atoms with Gasteiger partial charge in [-0.3, -0.25) is 9.78 Å². The largest absolute Gasteiger partial charge is 0.387 e. The van der Waals surface area contributed by atoms with Crippen LogP contribution in [-0.4, -0.2) is 41.8 Å². The Morgan fingerprint density at radius 1 is 1.26 bits per heavy atom. The monoisotopic (exact) mass is 420 g/mol. The van der Waals surface area contributed by atoms with Gasteiger partial charge in [-0.1, -0.05) is 6.92 Å². The molecule has 5 rings (SSSR count). The van der Waals surface area contributed by atoms with E-state index in [1.165, 1.54) is 6.33 Å². The minimum atomic E-state index is -1.06. The van der Waals surface area contributed by atoms with Crippen LogP contribution >= 0.6 is 0 Å². The van der Waals surface area contributed by atoms with Crippen LogP contribution in [0.25, 0.3) is 27.7 Å². The molecule has 1 fully saturated rings. The number of aliphatic hydroxyl groups excluding tert-OH is 1. The number of carbonyl (C=O) groups excluding carboxylic acids is 1. The number of hydrogen-bond acceptors (Lipinski definition) is 6. The van der Waals surface area contributed by atoms with Crippen molar-refractivity contribution in [1.29, 1.82) is 0 Å². The van der Waals surface area contributed by atoms with Crippen LogP contribution in [0.15, 0.2) is 36.9 Å². The molecule has 1 amide bonds. The second-order valence-corrected chi connectivity index (χ2v) is 7.88. The summed E-state index contributed by atoms with van der Waals surface area (Å²) in [5.41, 5.74) is 4.67. The molecule has 8 nitrogen and oxygen atoms in total. The predicted octanol–water partition coefficient (Wildman–Crippen LogP) is 3.39. The van der Waals surface area contributed by atoms with Crippen LogP contribution < -0.4 is 5.32 Å². The lowest BCUT2D eigenvalue weighted by atomic mass is 10.0. The van der Waals surface area contributed by atoms with E-state index in [0.29, 0.717) is 23.6 Å². The van der Waals surface area contributed by atoms with E-state index in [1.54, 1.807) is 23.0 Å². The van der Waals surface area contributed by atoms with Crippen LogP contribution in [0.3, 0.4) is 0 Å². The van der Waals surface area contributed by atoms with Gasteiger partial charge in [-0.2, -0.15) is 5.10 Å². The molecule has 1 aliphatic rings. The molecule has 0 bridgehead atoms. The number of aromatic nitrogens is 5. The van der Waals surface area contributed by atoms with Gasteiger partial charge in [0.05, 0.1) is 23.2 Å². The normalized spacial score (nSPS) is 19.0. The number of fused-ring (bicyclic) bond motifs is 3. The van der Waals surface area contributed by atoms with Crippen molar-refractivity contribution in [3.05, 3.63) is 48.2 Å². The molecule has 0 aliphatic heterocycles. The Morgan fingerprint density at radius 3 is 2.77 bits per heavy atom. The maximum atomic E-state index is 13.2. The zero-order valence-corrected chi connectivity index (χ0v) is 17.1. The van der Waals surface area contributed by atoms with Gasteiger partial charge in [0.15, 0.2) is 5.65 Å². The van der Waals surface area contributed by atoms with Crippen molar-refractivity contribution in [1.82, 2.24) is 24.6 Å². The molecule has 0 spiro atoms. The van der Waals surface area contributed by atoms with E-state index < -0.39 is 18.2 Å². The Kier molecular flexibility index (Phi) is 4.62. The van der Waals surface area contributed by atoms with Gasteiger partial charge < -0.3 is 10.4 Å². The zero-order valence-electron chi connectivity index (χ0n) is 17.1. The van der Waals surface area contributed by atoms with Gasteiger partial charge in [-0.15, -0.1) is 0 Å². The molecule has 4 aromatic heterocycles. The quantitative estimate of drug-likeness (QED) is 0.513. The molecule has 3 atom stereocenters. The molecule has 4 heterocycles. The fraction of sp³-hybridized carbons (Fsp3) is 0.318. The summed E-state index contributed by atoms with van der Waals surface area (Å²) in [7, 11) is 0. The summed E-state index contributed by atoms with van der Waals surface area (Å²) in [5.74, 6) is -0.602. The van der Waals surface area contributed by atoms with Gasteiger partial charge in [0, 0.05) is 35.0 Å². The van der Waals surface area contributed by atoms with Gasteiger partial charge in [0.25, 0.3) is 0 Å². The Hall–Kier alpha value is -3.46. The molecule has 0 aromatic carbocycles. The first-order chi connectivity index (χ1) is 15.0. The molecule has 31 heavy (non-hydrogen) atoms. The summed E-state index contributed by atoms with van der Waals surface area (Å²) in [6, 6.07) is 5.55. The van der Waals surface area contributed by atoms with Crippen LogP contribution in [-0.2, 0) is 4.79 Å². The number of carbonyl (C=O) groups is 1. The van der Waals surface area contributed by atoms with E-state index in [2.05, 4.69) is 25.4 Å². The molecule has 2 N–H and O–H groups in total. The third-order valence-electron chi connectivity index (χ3n) is 5.68. The molecule has 4 aromatic rings. The highest BCUT2D eigenvalue weighted by molar-refractivity contribution is 5.97. The summed E-state index contributed by atoms with van der Waals surface area (Å²) in [6.45, 7) is 3.87. The number of amides is 1. The minimum Gasteiger partial charge on any atom is -0.387 e. The van der Waals surface area contributed by atoms with Crippen molar-refractivity contribution in [2.45, 2.75) is 39.0 Å². The van der Waals surface area contributed by atoms with Gasteiger partial charge in [-0.25, -0.2) is 18.9 Å². The summed E-state index contributed by atoms with van der Waals surface area (Å²) >= 11 is 0.